The second kappa shape index (κ2) is 9.79. The number of hydrogen-bond donors (Lipinski definition) is 2. The number of aromatic nitrogens is 2. The zero-order valence-corrected chi connectivity index (χ0v) is 18.2. The van der Waals surface area contributed by atoms with Crippen LogP contribution in [-0.4, -0.2) is 29.3 Å². The number of hydrogen-bond acceptors (Lipinski definition) is 2. The molecule has 0 radical (unpaired) electrons. The standard InChI is InChI=1S/C19H29N5.HI/c1-19(2,3)17-8-6-15(7-9-17)10-11-21-18(20-4)22-12-16-13-23-24(5)14-16;/h6-9,13-14H,10-12H2,1-5H3,(H2,20,21,22);1H. The first-order valence-electron chi connectivity index (χ1n) is 8.40. The molecule has 0 bridgehead atoms. The van der Waals surface area contributed by atoms with Crippen LogP contribution in [0, 0.1) is 0 Å². The molecule has 0 fully saturated rings. The van der Waals surface area contributed by atoms with Crippen molar-refractivity contribution in [2.75, 3.05) is 13.6 Å². The Morgan fingerprint density at radius 2 is 1.80 bits per heavy atom. The van der Waals surface area contributed by atoms with Gasteiger partial charge in [-0.1, -0.05) is 45.0 Å². The summed E-state index contributed by atoms with van der Waals surface area (Å²) in [6, 6.07) is 8.89. The maximum Gasteiger partial charge on any atom is 0.191 e. The van der Waals surface area contributed by atoms with Gasteiger partial charge in [0.05, 0.1) is 6.20 Å². The molecule has 0 aliphatic rings. The Bertz CT molecular complexity index is 668. The molecule has 0 unspecified atom stereocenters. The zero-order valence-electron chi connectivity index (χ0n) is 15.8. The normalized spacial score (nSPS) is 11.8. The van der Waals surface area contributed by atoms with Crippen LogP contribution in [0.25, 0.3) is 0 Å². The van der Waals surface area contributed by atoms with Crippen LogP contribution in [0.3, 0.4) is 0 Å². The fourth-order valence-corrected chi connectivity index (χ4v) is 2.47. The third-order valence-electron chi connectivity index (χ3n) is 3.97. The van der Waals surface area contributed by atoms with Crippen LogP contribution in [0.1, 0.15) is 37.5 Å². The Labute approximate surface area is 168 Å². The van der Waals surface area contributed by atoms with E-state index in [0.29, 0.717) is 6.54 Å². The van der Waals surface area contributed by atoms with Crippen molar-refractivity contribution in [3.8, 4) is 0 Å². The second-order valence-electron chi connectivity index (χ2n) is 7.07. The monoisotopic (exact) mass is 455 g/mol. The minimum Gasteiger partial charge on any atom is -0.356 e. The highest BCUT2D eigenvalue weighted by Gasteiger charge is 2.12. The first-order valence-corrected chi connectivity index (χ1v) is 8.40. The van der Waals surface area contributed by atoms with Crippen LogP contribution >= 0.6 is 24.0 Å². The predicted octanol–water partition coefficient (Wildman–Crippen LogP) is 3.24. The number of guanidine groups is 1. The van der Waals surface area contributed by atoms with Crippen molar-refractivity contribution in [2.24, 2.45) is 12.0 Å². The minimum absolute atomic E-state index is 0. The van der Waals surface area contributed by atoms with E-state index in [9.17, 15) is 0 Å². The first kappa shape index (κ1) is 21.5. The Hall–Kier alpha value is -1.57. The highest BCUT2D eigenvalue weighted by Crippen LogP contribution is 2.22. The number of aryl methyl sites for hydroxylation is 1. The summed E-state index contributed by atoms with van der Waals surface area (Å²) in [6.07, 6.45) is 4.83. The predicted molar refractivity (Wildman–Crippen MR) is 116 cm³/mol. The molecule has 0 spiro atoms. The summed E-state index contributed by atoms with van der Waals surface area (Å²) in [4.78, 5) is 4.25. The highest BCUT2D eigenvalue weighted by molar-refractivity contribution is 14.0. The van der Waals surface area contributed by atoms with E-state index in [2.05, 4.69) is 65.8 Å². The van der Waals surface area contributed by atoms with Crippen molar-refractivity contribution in [1.82, 2.24) is 20.4 Å². The molecule has 0 aliphatic carbocycles. The number of benzene rings is 1. The number of nitrogens with zero attached hydrogens (tertiary/aromatic N) is 3. The fourth-order valence-electron chi connectivity index (χ4n) is 2.47. The van der Waals surface area contributed by atoms with E-state index in [1.807, 2.05) is 19.4 Å². The van der Waals surface area contributed by atoms with Crippen molar-refractivity contribution < 1.29 is 0 Å². The fraction of sp³-hybridized carbons (Fsp3) is 0.474. The van der Waals surface area contributed by atoms with Gasteiger partial charge < -0.3 is 10.6 Å². The molecule has 1 aromatic heterocycles. The largest absolute Gasteiger partial charge is 0.356 e. The summed E-state index contributed by atoms with van der Waals surface area (Å²) in [6.45, 7) is 8.28. The van der Waals surface area contributed by atoms with Crippen molar-refractivity contribution in [2.45, 2.75) is 39.2 Å². The molecule has 2 rings (SSSR count). The molecular formula is C19H30IN5. The molecular weight excluding hydrogens is 425 g/mol. The van der Waals surface area contributed by atoms with Crippen LogP contribution in [0.2, 0.25) is 0 Å². The number of halogens is 1. The van der Waals surface area contributed by atoms with Gasteiger partial charge in [-0.25, -0.2) is 0 Å². The van der Waals surface area contributed by atoms with Gasteiger partial charge in [0.1, 0.15) is 0 Å². The lowest BCUT2D eigenvalue weighted by molar-refractivity contribution is 0.590. The molecule has 0 saturated carbocycles. The van der Waals surface area contributed by atoms with Crippen molar-refractivity contribution in [1.29, 1.82) is 0 Å². The summed E-state index contributed by atoms with van der Waals surface area (Å²) in [5, 5.41) is 10.8. The number of rotatable bonds is 5. The summed E-state index contributed by atoms with van der Waals surface area (Å²) in [7, 11) is 3.71. The van der Waals surface area contributed by atoms with Gasteiger partial charge in [-0.2, -0.15) is 5.10 Å². The molecule has 0 saturated heterocycles. The molecule has 0 aliphatic heterocycles. The van der Waals surface area contributed by atoms with Crippen LogP contribution < -0.4 is 10.6 Å². The van der Waals surface area contributed by atoms with E-state index >= 15 is 0 Å². The van der Waals surface area contributed by atoms with E-state index in [-0.39, 0.29) is 29.4 Å². The average molecular weight is 455 g/mol. The van der Waals surface area contributed by atoms with E-state index in [4.69, 9.17) is 0 Å². The summed E-state index contributed by atoms with van der Waals surface area (Å²) in [5.41, 5.74) is 4.04. The van der Waals surface area contributed by atoms with Gasteiger partial charge in [0, 0.05) is 38.9 Å². The van der Waals surface area contributed by atoms with Gasteiger partial charge in [-0.3, -0.25) is 9.67 Å². The second-order valence-corrected chi connectivity index (χ2v) is 7.07. The lowest BCUT2D eigenvalue weighted by Gasteiger charge is -2.19. The molecule has 2 N–H and O–H groups in total. The Morgan fingerprint density at radius 1 is 1.12 bits per heavy atom. The van der Waals surface area contributed by atoms with Crippen molar-refractivity contribution >= 4 is 29.9 Å². The molecule has 5 nitrogen and oxygen atoms in total. The maximum atomic E-state index is 4.25. The van der Waals surface area contributed by atoms with Crippen molar-refractivity contribution in [3.05, 3.63) is 53.3 Å². The molecule has 138 valence electrons. The van der Waals surface area contributed by atoms with Gasteiger partial charge in [0.25, 0.3) is 0 Å². The van der Waals surface area contributed by atoms with Crippen LogP contribution in [-0.2, 0) is 25.4 Å². The van der Waals surface area contributed by atoms with E-state index in [0.717, 1.165) is 24.5 Å². The summed E-state index contributed by atoms with van der Waals surface area (Å²) in [5.74, 6) is 0.810. The van der Waals surface area contributed by atoms with Gasteiger partial charge in [-0.15, -0.1) is 24.0 Å². The highest BCUT2D eigenvalue weighted by atomic mass is 127. The summed E-state index contributed by atoms with van der Waals surface area (Å²) >= 11 is 0. The van der Waals surface area contributed by atoms with Gasteiger partial charge >= 0.3 is 0 Å². The van der Waals surface area contributed by atoms with Gasteiger partial charge in [-0.05, 0) is 23.0 Å². The number of nitrogens with one attached hydrogen (secondary N) is 2. The zero-order chi connectivity index (χ0) is 17.6. The van der Waals surface area contributed by atoms with Gasteiger partial charge in [0.15, 0.2) is 5.96 Å². The maximum absolute atomic E-state index is 4.25. The molecule has 6 heteroatoms. The minimum atomic E-state index is 0. The third kappa shape index (κ3) is 7.05. The third-order valence-corrected chi connectivity index (χ3v) is 3.97. The summed E-state index contributed by atoms with van der Waals surface area (Å²) < 4.78 is 1.80. The van der Waals surface area contributed by atoms with E-state index in [1.54, 1.807) is 11.7 Å². The molecule has 25 heavy (non-hydrogen) atoms. The van der Waals surface area contributed by atoms with Crippen LogP contribution in [0.4, 0.5) is 0 Å². The lowest BCUT2D eigenvalue weighted by Crippen LogP contribution is -2.37. The average Bonchev–Trinajstić information content (AvgIpc) is 2.96. The Balaban J connectivity index is 0.00000312. The lowest BCUT2D eigenvalue weighted by atomic mass is 9.86. The van der Waals surface area contributed by atoms with Gasteiger partial charge in [0.2, 0.25) is 0 Å². The SMILES string of the molecule is CN=C(NCCc1ccc(C(C)(C)C)cc1)NCc1cnn(C)c1.I. The Morgan fingerprint density at radius 3 is 2.32 bits per heavy atom. The van der Waals surface area contributed by atoms with E-state index in [1.165, 1.54) is 11.1 Å². The molecule has 1 aromatic carbocycles. The quantitative estimate of drug-likeness (QED) is 0.414. The van der Waals surface area contributed by atoms with E-state index < -0.39 is 0 Å². The molecule has 1 heterocycles. The number of aliphatic imine (C=N–C) groups is 1. The molecule has 0 atom stereocenters. The Kier molecular flexibility index (Phi) is 8.41. The topological polar surface area (TPSA) is 54.2 Å². The van der Waals surface area contributed by atoms with Crippen LogP contribution in [0.5, 0.6) is 0 Å². The smallest absolute Gasteiger partial charge is 0.191 e. The van der Waals surface area contributed by atoms with Crippen LogP contribution in [0.15, 0.2) is 41.7 Å². The first-order chi connectivity index (χ1) is 11.4. The molecule has 2 aromatic rings. The van der Waals surface area contributed by atoms with Crippen molar-refractivity contribution in [3.63, 3.8) is 0 Å². The molecule has 0 amide bonds.